The van der Waals surface area contributed by atoms with E-state index in [-0.39, 0.29) is 0 Å². The summed E-state index contributed by atoms with van der Waals surface area (Å²) in [6.45, 7) is 0. The van der Waals surface area contributed by atoms with Crippen LogP contribution in [-0.4, -0.2) is 10.2 Å². The van der Waals surface area contributed by atoms with Crippen LogP contribution in [-0.2, 0) is 0 Å². The number of nitrogen functional groups attached to an aromatic ring is 1. The molecule has 58 valence electrons. The lowest BCUT2D eigenvalue weighted by atomic mass is 10.2. The minimum atomic E-state index is 0.328. The van der Waals surface area contributed by atoms with E-state index >= 15 is 0 Å². The van der Waals surface area contributed by atoms with Crippen LogP contribution in [0.25, 0.3) is 0 Å². The van der Waals surface area contributed by atoms with Crippen LogP contribution in [0.4, 0.5) is 5.69 Å². The molecule has 1 heterocycles. The van der Waals surface area contributed by atoms with Crippen LogP contribution in [0.2, 0.25) is 5.15 Å². The van der Waals surface area contributed by atoms with E-state index in [1.165, 1.54) is 12.8 Å². The average Bonchev–Trinajstić information content (AvgIpc) is 2.77. The lowest BCUT2D eigenvalue weighted by Crippen LogP contribution is -1.97. The van der Waals surface area contributed by atoms with Gasteiger partial charge in [0.2, 0.25) is 0 Å². The maximum absolute atomic E-state index is 5.69. The number of hydrogen-bond acceptors (Lipinski definition) is 3. The zero-order chi connectivity index (χ0) is 7.84. The van der Waals surface area contributed by atoms with E-state index in [1.54, 1.807) is 6.20 Å². The van der Waals surface area contributed by atoms with Crippen molar-refractivity contribution < 1.29 is 0 Å². The predicted octanol–water partition coefficient (Wildman–Crippen LogP) is 1.59. The van der Waals surface area contributed by atoms with Gasteiger partial charge >= 0.3 is 0 Å². The second-order valence-electron chi connectivity index (χ2n) is 2.78. The molecule has 1 aromatic heterocycles. The van der Waals surface area contributed by atoms with Crippen LogP contribution in [0, 0.1) is 0 Å². The molecule has 0 saturated heterocycles. The maximum atomic E-state index is 5.69. The van der Waals surface area contributed by atoms with Crippen LogP contribution in [0.5, 0.6) is 0 Å². The van der Waals surface area contributed by atoms with Crippen molar-refractivity contribution in [1.29, 1.82) is 0 Å². The zero-order valence-corrected chi connectivity index (χ0v) is 6.67. The smallest absolute Gasteiger partial charge is 0.174 e. The molecule has 0 bridgehead atoms. The second-order valence-corrected chi connectivity index (χ2v) is 3.14. The second kappa shape index (κ2) is 2.34. The summed E-state index contributed by atoms with van der Waals surface area (Å²) in [4.78, 5) is 0. The highest BCUT2D eigenvalue weighted by Crippen LogP contribution is 2.43. The summed E-state index contributed by atoms with van der Waals surface area (Å²) in [5.74, 6) is 0.586. The molecular formula is C7H8ClN3. The number of rotatable bonds is 1. The Morgan fingerprint density at radius 2 is 2.27 bits per heavy atom. The third-order valence-electron chi connectivity index (χ3n) is 1.89. The van der Waals surface area contributed by atoms with Crippen LogP contribution >= 0.6 is 11.6 Å². The Morgan fingerprint density at radius 3 is 2.91 bits per heavy atom. The van der Waals surface area contributed by atoms with Gasteiger partial charge < -0.3 is 5.73 Å². The molecule has 0 spiro atoms. The van der Waals surface area contributed by atoms with Gasteiger partial charge in [0.05, 0.1) is 11.9 Å². The summed E-state index contributed by atoms with van der Waals surface area (Å²) < 4.78 is 0. The summed E-state index contributed by atoms with van der Waals surface area (Å²) in [7, 11) is 0. The molecule has 1 aliphatic rings. The summed E-state index contributed by atoms with van der Waals surface area (Å²) in [5.41, 5.74) is 7.35. The zero-order valence-electron chi connectivity index (χ0n) is 5.92. The van der Waals surface area contributed by atoms with Crippen molar-refractivity contribution in [3.63, 3.8) is 0 Å². The van der Waals surface area contributed by atoms with Crippen molar-refractivity contribution in [2.24, 2.45) is 0 Å². The summed E-state index contributed by atoms with van der Waals surface area (Å²) in [6.07, 6.45) is 4.11. The van der Waals surface area contributed by atoms with Crippen molar-refractivity contribution in [2.45, 2.75) is 18.8 Å². The van der Waals surface area contributed by atoms with Gasteiger partial charge in [-0.2, -0.15) is 5.10 Å². The fourth-order valence-electron chi connectivity index (χ4n) is 1.10. The summed E-state index contributed by atoms with van der Waals surface area (Å²) >= 11 is 5.69. The van der Waals surface area contributed by atoms with E-state index in [4.69, 9.17) is 17.3 Å². The van der Waals surface area contributed by atoms with Gasteiger partial charge in [-0.3, -0.25) is 0 Å². The first-order valence-corrected chi connectivity index (χ1v) is 3.93. The Bertz CT molecular complexity index is 283. The Hall–Kier alpha value is -0.830. The molecule has 0 aromatic carbocycles. The van der Waals surface area contributed by atoms with Crippen LogP contribution in [0.15, 0.2) is 6.20 Å². The largest absolute Gasteiger partial charge is 0.396 e. The number of hydrogen-bond donors (Lipinski definition) is 1. The van der Waals surface area contributed by atoms with Crippen molar-refractivity contribution in [2.75, 3.05) is 5.73 Å². The highest BCUT2D eigenvalue weighted by molar-refractivity contribution is 6.31. The number of nitrogens with two attached hydrogens (primary N) is 1. The predicted molar refractivity (Wildman–Crippen MR) is 43.4 cm³/mol. The molecule has 0 aliphatic heterocycles. The van der Waals surface area contributed by atoms with Crippen molar-refractivity contribution in [3.8, 4) is 0 Å². The third-order valence-corrected chi connectivity index (χ3v) is 2.17. The van der Waals surface area contributed by atoms with Gasteiger partial charge in [-0.05, 0) is 18.8 Å². The van der Waals surface area contributed by atoms with Crippen LogP contribution in [0.1, 0.15) is 24.3 Å². The van der Waals surface area contributed by atoms with E-state index in [9.17, 15) is 0 Å². The molecule has 11 heavy (non-hydrogen) atoms. The monoisotopic (exact) mass is 169 g/mol. The van der Waals surface area contributed by atoms with Gasteiger partial charge in [0.1, 0.15) is 0 Å². The Balaban J connectivity index is 2.45. The average molecular weight is 170 g/mol. The highest BCUT2D eigenvalue weighted by atomic mass is 35.5. The Kier molecular flexibility index (Phi) is 1.46. The van der Waals surface area contributed by atoms with Crippen LogP contribution < -0.4 is 5.73 Å². The Morgan fingerprint density at radius 1 is 1.55 bits per heavy atom. The molecule has 1 aromatic rings. The molecule has 1 saturated carbocycles. The number of aromatic nitrogens is 2. The molecule has 0 unspecified atom stereocenters. The first-order chi connectivity index (χ1) is 5.29. The lowest BCUT2D eigenvalue weighted by Gasteiger charge is -2.01. The van der Waals surface area contributed by atoms with Gasteiger partial charge in [0.25, 0.3) is 0 Å². The fraction of sp³-hybridized carbons (Fsp3) is 0.429. The van der Waals surface area contributed by atoms with E-state index in [0.717, 1.165) is 5.56 Å². The van der Waals surface area contributed by atoms with E-state index < -0.39 is 0 Å². The first kappa shape index (κ1) is 6.85. The summed E-state index contributed by atoms with van der Waals surface area (Å²) in [6, 6.07) is 0. The normalized spacial score (nSPS) is 16.8. The molecule has 0 atom stereocenters. The third kappa shape index (κ3) is 1.16. The molecule has 1 aliphatic carbocycles. The number of halogens is 1. The van der Waals surface area contributed by atoms with Gasteiger partial charge in [-0.25, -0.2) is 0 Å². The van der Waals surface area contributed by atoms with Gasteiger partial charge in [0.15, 0.2) is 5.15 Å². The van der Waals surface area contributed by atoms with Gasteiger partial charge in [-0.15, -0.1) is 5.10 Å². The molecule has 4 heteroatoms. The molecule has 2 rings (SSSR count). The van der Waals surface area contributed by atoms with E-state index in [0.29, 0.717) is 16.8 Å². The minimum Gasteiger partial charge on any atom is -0.396 e. The van der Waals surface area contributed by atoms with Gasteiger partial charge in [0, 0.05) is 5.56 Å². The molecule has 0 amide bonds. The lowest BCUT2D eigenvalue weighted by molar-refractivity contribution is 0.984. The molecule has 0 radical (unpaired) electrons. The molecular weight excluding hydrogens is 162 g/mol. The highest BCUT2D eigenvalue weighted by Gasteiger charge is 2.26. The van der Waals surface area contributed by atoms with E-state index in [2.05, 4.69) is 10.2 Å². The molecule has 3 nitrogen and oxygen atoms in total. The van der Waals surface area contributed by atoms with Crippen molar-refractivity contribution in [1.82, 2.24) is 10.2 Å². The van der Waals surface area contributed by atoms with Crippen molar-refractivity contribution in [3.05, 3.63) is 16.9 Å². The molecule has 2 N–H and O–H groups in total. The van der Waals surface area contributed by atoms with Crippen LogP contribution in [0.3, 0.4) is 0 Å². The topological polar surface area (TPSA) is 51.8 Å². The first-order valence-electron chi connectivity index (χ1n) is 3.55. The molecule has 1 fully saturated rings. The SMILES string of the molecule is Nc1c(C2CC2)cnnc1Cl. The minimum absolute atomic E-state index is 0.328. The summed E-state index contributed by atoms with van der Waals surface area (Å²) in [5, 5.41) is 7.71. The van der Waals surface area contributed by atoms with Gasteiger partial charge in [-0.1, -0.05) is 11.6 Å². The maximum Gasteiger partial charge on any atom is 0.174 e. The van der Waals surface area contributed by atoms with Crippen molar-refractivity contribution >= 4 is 17.3 Å². The number of nitrogens with zero attached hydrogens (tertiary/aromatic N) is 2. The Labute approximate surface area is 69.6 Å². The fourth-order valence-corrected chi connectivity index (χ4v) is 1.26. The quantitative estimate of drug-likeness (QED) is 0.695. The number of anilines is 1. The standard InChI is InChI=1S/C7H8ClN3/c8-7-6(9)5(3-10-11-7)4-1-2-4/h3-4H,1-2H2,(H2,9,10). The van der Waals surface area contributed by atoms with E-state index in [1.807, 2.05) is 0 Å².